The van der Waals surface area contributed by atoms with Gasteiger partial charge in [-0.05, 0) is 28.6 Å². The van der Waals surface area contributed by atoms with E-state index in [1.807, 2.05) is 0 Å². The first kappa shape index (κ1) is 15.6. The number of rotatable bonds is 3. The first-order valence-corrected chi connectivity index (χ1v) is 7.04. The first-order valence-electron chi connectivity index (χ1n) is 6.29. The quantitative estimate of drug-likeness (QED) is 0.713. The average molecular weight is 357 g/mol. The predicted molar refractivity (Wildman–Crippen MR) is 81.1 cm³/mol. The number of benzene rings is 2. The van der Waals surface area contributed by atoms with Crippen LogP contribution in [0.1, 0.15) is 0 Å². The summed E-state index contributed by atoms with van der Waals surface area (Å²) in [6, 6.07) is 6.38. The highest BCUT2D eigenvalue weighted by Crippen LogP contribution is 2.34. The summed E-state index contributed by atoms with van der Waals surface area (Å²) in [7, 11) is 1.43. The molecule has 1 heterocycles. The summed E-state index contributed by atoms with van der Waals surface area (Å²) < 4.78 is 34.2. The SMILES string of the molecule is COc1cc(-n2nnnc2-c2c(F)cccc2F)c(Cl)cc1Cl. The maximum atomic E-state index is 14.0. The number of nitrogens with zero attached hydrogens (tertiary/aromatic N) is 4. The van der Waals surface area contributed by atoms with E-state index in [4.69, 9.17) is 27.9 Å². The molecule has 0 aliphatic heterocycles. The number of ether oxygens (including phenoxy) is 1. The van der Waals surface area contributed by atoms with Crippen molar-refractivity contribution in [2.24, 2.45) is 0 Å². The average Bonchev–Trinajstić information content (AvgIpc) is 2.96. The number of methoxy groups -OCH3 is 1. The van der Waals surface area contributed by atoms with E-state index in [1.165, 1.54) is 25.3 Å². The van der Waals surface area contributed by atoms with Crippen LogP contribution in [0.5, 0.6) is 5.75 Å². The molecule has 0 atom stereocenters. The summed E-state index contributed by atoms with van der Waals surface area (Å²) in [5, 5.41) is 11.4. The number of aromatic nitrogens is 4. The van der Waals surface area contributed by atoms with Gasteiger partial charge in [-0.15, -0.1) is 5.10 Å². The lowest BCUT2D eigenvalue weighted by molar-refractivity contribution is 0.414. The third-order valence-electron chi connectivity index (χ3n) is 3.11. The molecule has 0 bridgehead atoms. The van der Waals surface area contributed by atoms with Crippen LogP contribution in [-0.4, -0.2) is 27.3 Å². The topological polar surface area (TPSA) is 52.8 Å². The lowest BCUT2D eigenvalue weighted by Gasteiger charge is -2.11. The molecule has 0 unspecified atom stereocenters. The van der Waals surface area contributed by atoms with E-state index >= 15 is 0 Å². The molecule has 0 N–H and O–H groups in total. The Labute approximate surface area is 139 Å². The summed E-state index contributed by atoms with van der Waals surface area (Å²) in [6.45, 7) is 0. The minimum Gasteiger partial charge on any atom is -0.495 e. The van der Waals surface area contributed by atoms with Gasteiger partial charge in [0.05, 0.1) is 28.4 Å². The van der Waals surface area contributed by atoms with Crippen LogP contribution in [0.2, 0.25) is 10.0 Å². The van der Waals surface area contributed by atoms with E-state index in [0.717, 1.165) is 16.8 Å². The summed E-state index contributed by atoms with van der Waals surface area (Å²) in [4.78, 5) is 0. The Morgan fingerprint density at radius 1 is 1.09 bits per heavy atom. The Kier molecular flexibility index (Phi) is 4.14. The van der Waals surface area contributed by atoms with E-state index in [2.05, 4.69) is 15.5 Å². The van der Waals surface area contributed by atoms with Crippen molar-refractivity contribution < 1.29 is 13.5 Å². The zero-order valence-electron chi connectivity index (χ0n) is 11.6. The minimum atomic E-state index is -0.793. The third kappa shape index (κ3) is 2.73. The molecule has 3 rings (SSSR count). The van der Waals surface area contributed by atoms with Gasteiger partial charge in [0.2, 0.25) is 0 Å². The molecule has 0 fully saturated rings. The van der Waals surface area contributed by atoms with Crippen LogP contribution < -0.4 is 4.74 Å². The molecule has 2 aromatic carbocycles. The van der Waals surface area contributed by atoms with E-state index < -0.39 is 11.6 Å². The molecule has 23 heavy (non-hydrogen) atoms. The van der Waals surface area contributed by atoms with Crippen molar-refractivity contribution in [3.63, 3.8) is 0 Å². The molecule has 0 aliphatic rings. The van der Waals surface area contributed by atoms with Crippen LogP contribution in [-0.2, 0) is 0 Å². The Morgan fingerprint density at radius 3 is 2.43 bits per heavy atom. The molecule has 3 aromatic rings. The molecule has 0 radical (unpaired) electrons. The molecular weight excluding hydrogens is 349 g/mol. The fourth-order valence-electron chi connectivity index (χ4n) is 2.05. The molecule has 118 valence electrons. The molecule has 1 aromatic heterocycles. The van der Waals surface area contributed by atoms with Crippen LogP contribution >= 0.6 is 23.2 Å². The Balaban J connectivity index is 2.24. The maximum Gasteiger partial charge on any atom is 0.193 e. The van der Waals surface area contributed by atoms with Crippen molar-refractivity contribution in [3.05, 3.63) is 52.0 Å². The molecule has 0 amide bonds. The standard InChI is InChI=1S/C14H8Cl2F2N4O/c1-23-12-6-11(7(15)5-8(12)16)22-14(19-20-21-22)13-9(17)3-2-4-10(13)18/h2-6H,1H3. The van der Waals surface area contributed by atoms with Gasteiger partial charge in [-0.1, -0.05) is 29.3 Å². The molecular formula is C14H8Cl2F2N4O. The van der Waals surface area contributed by atoms with Crippen LogP contribution in [0, 0.1) is 11.6 Å². The Hall–Kier alpha value is -2.25. The van der Waals surface area contributed by atoms with E-state index in [0.29, 0.717) is 5.75 Å². The highest BCUT2D eigenvalue weighted by molar-refractivity contribution is 6.36. The van der Waals surface area contributed by atoms with Gasteiger partial charge < -0.3 is 4.74 Å². The van der Waals surface area contributed by atoms with Gasteiger partial charge in [-0.2, -0.15) is 4.68 Å². The largest absolute Gasteiger partial charge is 0.495 e. The molecule has 0 saturated heterocycles. The van der Waals surface area contributed by atoms with Gasteiger partial charge in [0.15, 0.2) is 5.82 Å². The second kappa shape index (κ2) is 6.10. The van der Waals surface area contributed by atoms with Crippen LogP contribution in [0.15, 0.2) is 30.3 Å². The molecule has 9 heteroatoms. The van der Waals surface area contributed by atoms with Gasteiger partial charge in [0.1, 0.15) is 17.4 Å². The van der Waals surface area contributed by atoms with Gasteiger partial charge in [0.25, 0.3) is 0 Å². The Bertz CT molecular complexity index is 865. The monoisotopic (exact) mass is 356 g/mol. The number of halogens is 4. The number of hydrogen-bond acceptors (Lipinski definition) is 4. The predicted octanol–water partition coefficient (Wildman–Crippen LogP) is 3.92. The van der Waals surface area contributed by atoms with Crippen molar-refractivity contribution in [3.8, 4) is 22.8 Å². The second-order valence-corrected chi connectivity index (χ2v) is 5.26. The molecule has 5 nitrogen and oxygen atoms in total. The number of hydrogen-bond donors (Lipinski definition) is 0. The van der Waals surface area contributed by atoms with Gasteiger partial charge >= 0.3 is 0 Å². The Morgan fingerprint density at radius 2 is 1.78 bits per heavy atom. The summed E-state index contributed by atoms with van der Waals surface area (Å²) in [5.41, 5.74) is -0.0851. The summed E-state index contributed by atoms with van der Waals surface area (Å²) in [6.07, 6.45) is 0. The first-order chi connectivity index (χ1) is 11.0. The normalized spacial score (nSPS) is 10.8. The molecule has 0 aliphatic carbocycles. The van der Waals surface area contributed by atoms with Crippen molar-refractivity contribution in [1.29, 1.82) is 0 Å². The zero-order valence-corrected chi connectivity index (χ0v) is 13.1. The van der Waals surface area contributed by atoms with Crippen LogP contribution in [0.4, 0.5) is 8.78 Å². The molecule has 0 spiro atoms. The lowest BCUT2D eigenvalue weighted by atomic mass is 10.2. The van der Waals surface area contributed by atoms with E-state index in [-0.39, 0.29) is 27.1 Å². The summed E-state index contributed by atoms with van der Waals surface area (Å²) >= 11 is 12.1. The fourth-order valence-corrected chi connectivity index (χ4v) is 2.59. The fraction of sp³-hybridized carbons (Fsp3) is 0.0714. The highest BCUT2D eigenvalue weighted by Gasteiger charge is 2.21. The summed E-state index contributed by atoms with van der Waals surface area (Å²) in [5.74, 6) is -1.40. The molecule has 0 saturated carbocycles. The van der Waals surface area contributed by atoms with Gasteiger partial charge in [0, 0.05) is 6.07 Å². The van der Waals surface area contributed by atoms with Crippen molar-refractivity contribution in [2.75, 3.05) is 7.11 Å². The third-order valence-corrected chi connectivity index (χ3v) is 3.70. The van der Waals surface area contributed by atoms with Gasteiger partial charge in [-0.3, -0.25) is 0 Å². The zero-order chi connectivity index (χ0) is 16.6. The van der Waals surface area contributed by atoms with E-state index in [9.17, 15) is 8.78 Å². The van der Waals surface area contributed by atoms with Crippen molar-refractivity contribution in [1.82, 2.24) is 20.2 Å². The van der Waals surface area contributed by atoms with Crippen molar-refractivity contribution in [2.45, 2.75) is 0 Å². The van der Waals surface area contributed by atoms with Crippen LogP contribution in [0.25, 0.3) is 17.1 Å². The maximum absolute atomic E-state index is 14.0. The van der Waals surface area contributed by atoms with Crippen molar-refractivity contribution >= 4 is 23.2 Å². The van der Waals surface area contributed by atoms with Crippen LogP contribution in [0.3, 0.4) is 0 Å². The number of tetrazole rings is 1. The smallest absolute Gasteiger partial charge is 0.193 e. The lowest BCUT2D eigenvalue weighted by Crippen LogP contribution is -2.04. The minimum absolute atomic E-state index is 0.133. The van der Waals surface area contributed by atoms with Gasteiger partial charge in [-0.25, -0.2) is 8.78 Å². The van der Waals surface area contributed by atoms with E-state index in [1.54, 1.807) is 0 Å². The highest BCUT2D eigenvalue weighted by atomic mass is 35.5. The second-order valence-electron chi connectivity index (χ2n) is 4.45.